The molecule has 3 N–H and O–H groups in total. The van der Waals surface area contributed by atoms with Gasteiger partial charge in [0.2, 0.25) is 0 Å². The molecule has 0 atom stereocenters. The summed E-state index contributed by atoms with van der Waals surface area (Å²) < 4.78 is 32.5. The Hall–Kier alpha value is -3.32. The number of hydrogen-bond acceptors (Lipinski definition) is 7. The maximum Gasteiger partial charge on any atom is 0.333 e. The van der Waals surface area contributed by atoms with Gasteiger partial charge in [0.15, 0.2) is 0 Å². The van der Waals surface area contributed by atoms with Gasteiger partial charge in [0.05, 0.1) is 33.1 Å². The van der Waals surface area contributed by atoms with E-state index in [1.807, 2.05) is 4.72 Å². The Kier molecular flexibility index (Phi) is 6.41. The quantitative estimate of drug-likeness (QED) is 0.353. The second kappa shape index (κ2) is 9.14. The number of carbonyl (C=O) groups excluding carboxylic acids is 1. The predicted molar refractivity (Wildman–Crippen MR) is 130 cm³/mol. The number of nitrogens with zero attached hydrogens (tertiary/aromatic N) is 1. The fourth-order valence-corrected chi connectivity index (χ4v) is 5.73. The van der Waals surface area contributed by atoms with Crippen LogP contribution in [-0.4, -0.2) is 31.1 Å². The van der Waals surface area contributed by atoms with E-state index in [4.69, 9.17) is 27.9 Å². The van der Waals surface area contributed by atoms with Crippen LogP contribution in [0.25, 0.3) is 16.6 Å². The SMILES string of the molecule is COc1ccc2[nH]c(=O)n(-c3ccc(NC(=O)NS(=O)(=O)c4ccc(Cl)s4)cc3Cl)c(=O)c2c1. The molecule has 4 rings (SSSR count). The van der Waals surface area contributed by atoms with Gasteiger partial charge in [-0.05, 0) is 48.5 Å². The molecule has 4 aromatic rings. The highest BCUT2D eigenvalue weighted by molar-refractivity contribution is 7.92. The number of nitrogens with one attached hydrogen (secondary N) is 3. The van der Waals surface area contributed by atoms with Gasteiger partial charge in [0, 0.05) is 5.69 Å². The van der Waals surface area contributed by atoms with Gasteiger partial charge >= 0.3 is 11.7 Å². The van der Waals surface area contributed by atoms with Crippen molar-refractivity contribution in [2.75, 3.05) is 12.4 Å². The van der Waals surface area contributed by atoms with Crippen LogP contribution in [0.15, 0.2) is 62.3 Å². The third-order valence-electron chi connectivity index (χ3n) is 4.59. The summed E-state index contributed by atoms with van der Waals surface area (Å²) >= 11 is 12.8. The van der Waals surface area contributed by atoms with Crippen LogP contribution in [0.4, 0.5) is 10.5 Å². The molecule has 10 nitrogen and oxygen atoms in total. The number of H-pyrrole nitrogens is 1. The topological polar surface area (TPSA) is 139 Å². The van der Waals surface area contributed by atoms with E-state index in [1.54, 1.807) is 12.1 Å². The number of urea groups is 1. The van der Waals surface area contributed by atoms with Crippen LogP contribution < -0.4 is 26.0 Å². The zero-order valence-corrected chi connectivity index (χ0v) is 20.2. The summed E-state index contributed by atoms with van der Waals surface area (Å²) in [5.74, 6) is 0.430. The number of anilines is 1. The Morgan fingerprint density at radius 1 is 1.09 bits per heavy atom. The first-order valence-corrected chi connectivity index (χ1v) is 12.4. The van der Waals surface area contributed by atoms with Gasteiger partial charge in [-0.1, -0.05) is 23.2 Å². The van der Waals surface area contributed by atoms with E-state index in [0.717, 1.165) is 15.9 Å². The van der Waals surface area contributed by atoms with Gasteiger partial charge in [-0.2, -0.15) is 0 Å². The third-order valence-corrected chi connectivity index (χ3v) is 7.95. The Morgan fingerprint density at radius 3 is 2.50 bits per heavy atom. The van der Waals surface area contributed by atoms with E-state index >= 15 is 0 Å². The van der Waals surface area contributed by atoms with Crippen molar-refractivity contribution >= 4 is 67.2 Å². The zero-order valence-electron chi connectivity index (χ0n) is 17.1. The van der Waals surface area contributed by atoms with Crippen LogP contribution in [0.2, 0.25) is 9.36 Å². The van der Waals surface area contributed by atoms with Gasteiger partial charge < -0.3 is 15.0 Å². The minimum Gasteiger partial charge on any atom is -0.497 e. The Labute approximate surface area is 205 Å². The number of rotatable bonds is 5. The molecule has 0 aliphatic heterocycles. The molecule has 14 heteroatoms. The molecule has 2 aromatic carbocycles. The lowest BCUT2D eigenvalue weighted by Crippen LogP contribution is -2.34. The molecule has 2 amide bonds. The smallest absolute Gasteiger partial charge is 0.333 e. The number of aromatic amines is 1. The molecule has 2 heterocycles. The molecular weight excluding hydrogens is 527 g/mol. The highest BCUT2D eigenvalue weighted by Gasteiger charge is 2.20. The minimum absolute atomic E-state index is 0.0412. The van der Waals surface area contributed by atoms with E-state index in [0.29, 0.717) is 11.3 Å². The van der Waals surface area contributed by atoms with Crippen LogP contribution in [0, 0.1) is 0 Å². The van der Waals surface area contributed by atoms with Crippen LogP contribution >= 0.6 is 34.5 Å². The van der Waals surface area contributed by atoms with Gasteiger partial charge in [-0.3, -0.25) is 4.79 Å². The zero-order chi connectivity index (χ0) is 24.6. The van der Waals surface area contributed by atoms with Crippen molar-refractivity contribution in [3.05, 3.63) is 78.7 Å². The summed E-state index contributed by atoms with van der Waals surface area (Å²) in [6.07, 6.45) is 0. The van der Waals surface area contributed by atoms with Gasteiger partial charge in [-0.15, -0.1) is 11.3 Å². The number of halogens is 2. The first-order chi connectivity index (χ1) is 16.1. The van der Waals surface area contributed by atoms with Gasteiger partial charge in [0.25, 0.3) is 15.6 Å². The van der Waals surface area contributed by atoms with Crippen molar-refractivity contribution in [1.29, 1.82) is 0 Å². The molecule has 176 valence electrons. The number of methoxy groups -OCH3 is 1. The standard InChI is InChI=1S/C20H14Cl2N4O6S2/c1-32-11-3-4-14-12(9-11)18(27)26(20(29)24-14)15-5-2-10(8-13(15)21)23-19(28)25-34(30,31)17-7-6-16(22)33-17/h2-9H,1H3,(H,24,29)(H2,23,25,28). The second-order valence-electron chi connectivity index (χ2n) is 6.77. The normalized spacial score (nSPS) is 11.4. The van der Waals surface area contributed by atoms with Gasteiger partial charge in [-0.25, -0.2) is 27.3 Å². The minimum atomic E-state index is -4.12. The fraction of sp³-hybridized carbons (Fsp3) is 0.0500. The molecule has 0 spiro atoms. The third kappa shape index (κ3) is 4.66. The van der Waals surface area contributed by atoms with Crippen LogP contribution in [0.1, 0.15) is 0 Å². The summed E-state index contributed by atoms with van der Waals surface area (Å²) in [6.45, 7) is 0. The van der Waals surface area contributed by atoms with Crippen LogP contribution in [0.3, 0.4) is 0 Å². The first-order valence-electron chi connectivity index (χ1n) is 9.31. The van der Waals surface area contributed by atoms with Crippen molar-refractivity contribution in [3.63, 3.8) is 0 Å². The number of carbonyl (C=O) groups is 1. The van der Waals surface area contributed by atoms with E-state index in [9.17, 15) is 22.8 Å². The highest BCUT2D eigenvalue weighted by Crippen LogP contribution is 2.26. The average Bonchev–Trinajstić information content (AvgIpc) is 3.22. The summed E-state index contributed by atoms with van der Waals surface area (Å²) in [5.41, 5.74) is -0.837. The second-order valence-corrected chi connectivity index (χ2v) is 10.8. The number of benzene rings is 2. The lowest BCUT2D eigenvalue weighted by molar-refractivity contribution is 0.256. The molecular formula is C20H14Cl2N4O6S2. The summed E-state index contributed by atoms with van der Waals surface area (Å²) in [6, 6.07) is 10.2. The van der Waals surface area contributed by atoms with E-state index in [2.05, 4.69) is 10.3 Å². The molecule has 0 bridgehead atoms. The van der Waals surface area contributed by atoms with Crippen LogP contribution in [-0.2, 0) is 10.0 Å². The van der Waals surface area contributed by atoms with Crippen molar-refractivity contribution in [2.24, 2.45) is 0 Å². The Balaban J connectivity index is 1.63. The Bertz CT molecular complexity index is 1660. The molecule has 0 aliphatic rings. The van der Waals surface area contributed by atoms with Gasteiger partial charge in [0.1, 0.15) is 9.96 Å². The first kappa shape index (κ1) is 23.8. The molecule has 0 aliphatic carbocycles. The molecule has 0 unspecified atom stereocenters. The number of ether oxygens (including phenoxy) is 1. The number of sulfonamides is 1. The number of aromatic nitrogens is 2. The summed E-state index contributed by atoms with van der Waals surface area (Å²) in [7, 11) is -2.67. The number of amides is 2. The molecule has 0 saturated heterocycles. The van der Waals surface area contributed by atoms with Crippen molar-refractivity contribution in [2.45, 2.75) is 4.21 Å². The van der Waals surface area contributed by atoms with E-state index < -0.39 is 27.3 Å². The predicted octanol–water partition coefficient (Wildman–Crippen LogP) is 3.57. The number of hydrogen-bond donors (Lipinski definition) is 3. The van der Waals surface area contributed by atoms with Crippen molar-refractivity contribution in [1.82, 2.24) is 14.3 Å². The van der Waals surface area contributed by atoms with Crippen molar-refractivity contribution in [3.8, 4) is 11.4 Å². The molecule has 34 heavy (non-hydrogen) atoms. The fourth-order valence-electron chi connectivity index (χ4n) is 3.08. The summed E-state index contributed by atoms with van der Waals surface area (Å²) in [4.78, 5) is 40.4. The lowest BCUT2D eigenvalue weighted by atomic mass is 10.2. The average molecular weight is 541 g/mol. The summed E-state index contributed by atoms with van der Waals surface area (Å²) in [5, 5.41) is 2.50. The lowest BCUT2D eigenvalue weighted by Gasteiger charge is -2.12. The molecule has 0 radical (unpaired) electrons. The molecule has 0 fully saturated rings. The van der Waals surface area contributed by atoms with E-state index in [1.165, 1.54) is 43.5 Å². The number of thiophene rings is 1. The molecule has 0 saturated carbocycles. The highest BCUT2D eigenvalue weighted by atomic mass is 35.5. The largest absolute Gasteiger partial charge is 0.497 e. The molecule has 2 aromatic heterocycles. The van der Waals surface area contributed by atoms with E-state index in [-0.39, 0.29) is 30.3 Å². The monoisotopic (exact) mass is 540 g/mol. The maximum absolute atomic E-state index is 13.0. The maximum atomic E-state index is 13.0. The van der Waals surface area contributed by atoms with Crippen LogP contribution in [0.5, 0.6) is 5.75 Å². The number of fused-ring (bicyclic) bond motifs is 1. The van der Waals surface area contributed by atoms with Crippen molar-refractivity contribution < 1.29 is 17.9 Å². The Morgan fingerprint density at radius 2 is 1.85 bits per heavy atom.